The third-order valence-electron chi connectivity index (χ3n) is 3.94. The number of fused-ring (bicyclic) bond motifs is 1. The second kappa shape index (κ2) is 6.97. The minimum Gasteiger partial charge on any atom is -0.495 e. The average Bonchev–Trinajstić information content (AvgIpc) is 2.63. The van der Waals surface area contributed by atoms with Gasteiger partial charge in [-0.2, -0.15) is 10.5 Å². The van der Waals surface area contributed by atoms with E-state index in [2.05, 4.69) is 36.5 Å². The van der Waals surface area contributed by atoms with Crippen LogP contribution in [0.25, 0.3) is 0 Å². The number of nitrogens with two attached hydrogens (primary N) is 2. The lowest BCUT2D eigenvalue weighted by atomic mass is 9.94. The average molecular weight is 431 g/mol. The minimum atomic E-state index is -0.829. The number of ether oxygens (including phenoxy) is 1. The lowest BCUT2D eigenvalue weighted by molar-refractivity contribution is 0.400. The number of hydrogen-bond acceptors (Lipinski definition) is 9. The zero-order valence-corrected chi connectivity index (χ0v) is 15.4. The number of hydrogen-bond donors (Lipinski definition) is 4. The molecule has 2 heterocycles. The quantitative estimate of drug-likeness (QED) is 0.415. The molecular weight excluding hydrogens is 419 g/mol. The van der Waals surface area contributed by atoms with E-state index in [0.29, 0.717) is 11.1 Å². The summed E-state index contributed by atoms with van der Waals surface area (Å²) in [4.78, 5) is 8.56. The van der Waals surface area contributed by atoms with E-state index >= 15 is 0 Å². The number of anilines is 3. The van der Waals surface area contributed by atoms with Crippen LogP contribution in [0.5, 0.6) is 5.75 Å². The van der Waals surface area contributed by atoms with Gasteiger partial charge in [0.1, 0.15) is 40.9 Å². The van der Waals surface area contributed by atoms with E-state index in [-0.39, 0.29) is 39.1 Å². The molecule has 0 spiro atoms. The summed E-state index contributed by atoms with van der Waals surface area (Å²) in [6.45, 7) is 0. The maximum Gasteiger partial charge on any atom is 0.211 e. The number of aliphatic imine (C=N–C) groups is 1. The van der Waals surface area contributed by atoms with E-state index in [4.69, 9.17) is 21.5 Å². The van der Waals surface area contributed by atoms with Crippen LogP contribution < -0.4 is 26.8 Å². The number of aromatic nitrogens is 1. The van der Waals surface area contributed by atoms with Crippen molar-refractivity contribution in [3.8, 4) is 18.0 Å². The normalized spacial score (nSPS) is 14.9. The Kier molecular flexibility index (Phi) is 4.71. The van der Waals surface area contributed by atoms with Crippen LogP contribution in [0.1, 0.15) is 22.7 Å². The van der Waals surface area contributed by atoms with E-state index in [9.17, 15) is 9.65 Å². The number of nitrogens with zero attached hydrogens (tertiary/aromatic N) is 4. The predicted octanol–water partition coefficient (Wildman–Crippen LogP) is 1.97. The third-order valence-corrected chi connectivity index (χ3v) is 4.68. The van der Waals surface area contributed by atoms with Crippen molar-refractivity contribution in [2.75, 3.05) is 23.9 Å². The molecule has 0 saturated carbocycles. The molecule has 0 fully saturated rings. The number of nitrogen functional groups attached to an aromatic ring is 2. The Bertz CT molecular complexity index is 1060. The molecule has 1 aliphatic rings. The van der Waals surface area contributed by atoms with Gasteiger partial charge in [-0.1, -0.05) is 0 Å². The number of halogens is 2. The van der Waals surface area contributed by atoms with Gasteiger partial charge in [0.25, 0.3) is 0 Å². The van der Waals surface area contributed by atoms with Crippen LogP contribution in [0.4, 0.5) is 21.7 Å². The molecule has 1 unspecified atom stereocenters. The van der Waals surface area contributed by atoms with E-state index < -0.39 is 11.9 Å². The highest BCUT2D eigenvalue weighted by molar-refractivity contribution is 9.10. The Labute approximate surface area is 161 Å². The number of benzene rings is 1. The summed E-state index contributed by atoms with van der Waals surface area (Å²) in [7, 11) is 1.38. The summed E-state index contributed by atoms with van der Waals surface area (Å²) in [5, 5.41) is 23.4. The van der Waals surface area contributed by atoms with Crippen LogP contribution in [0.3, 0.4) is 0 Å². The number of rotatable bonds is 2. The van der Waals surface area contributed by atoms with Gasteiger partial charge in [0.05, 0.1) is 17.3 Å². The monoisotopic (exact) mass is 430 g/mol. The largest absolute Gasteiger partial charge is 0.495 e. The van der Waals surface area contributed by atoms with Gasteiger partial charge in [-0.05, 0) is 28.1 Å². The molecule has 6 N–H and O–H groups in total. The maximum absolute atomic E-state index is 13.9. The van der Waals surface area contributed by atoms with E-state index in [0.717, 1.165) is 0 Å². The predicted molar refractivity (Wildman–Crippen MR) is 100 cm³/mol. The van der Waals surface area contributed by atoms with Gasteiger partial charge in [0.2, 0.25) is 5.96 Å². The molecule has 1 aliphatic heterocycles. The maximum atomic E-state index is 13.9. The molecule has 0 amide bonds. The van der Waals surface area contributed by atoms with Gasteiger partial charge in [0.15, 0.2) is 6.19 Å². The topological polar surface area (TPSA) is 158 Å². The van der Waals surface area contributed by atoms with Crippen molar-refractivity contribution >= 4 is 39.2 Å². The van der Waals surface area contributed by atoms with Crippen molar-refractivity contribution in [3.63, 3.8) is 0 Å². The molecule has 9 nitrogen and oxygen atoms in total. The highest BCUT2D eigenvalue weighted by Gasteiger charge is 2.32. The van der Waals surface area contributed by atoms with Crippen LogP contribution >= 0.6 is 15.9 Å². The molecule has 1 atom stereocenters. The van der Waals surface area contributed by atoms with Crippen molar-refractivity contribution in [2.24, 2.45) is 4.99 Å². The number of nitrogens with one attached hydrogen (secondary N) is 2. The number of nitriles is 2. The first-order valence-electron chi connectivity index (χ1n) is 7.43. The van der Waals surface area contributed by atoms with Gasteiger partial charge >= 0.3 is 0 Å². The van der Waals surface area contributed by atoms with Crippen molar-refractivity contribution < 1.29 is 9.13 Å². The first-order valence-corrected chi connectivity index (χ1v) is 8.22. The van der Waals surface area contributed by atoms with Crippen molar-refractivity contribution in [1.82, 2.24) is 10.3 Å². The molecule has 11 heteroatoms. The SMILES string of the molecule is COc1c(C2N=C(NC#N)Nc3nc(N)c(C#N)c(N)c32)ccc(F)c1Br. The van der Waals surface area contributed by atoms with Crippen LogP contribution in [0.15, 0.2) is 21.6 Å². The zero-order chi connectivity index (χ0) is 19.7. The lowest BCUT2D eigenvalue weighted by Crippen LogP contribution is -2.33. The smallest absolute Gasteiger partial charge is 0.211 e. The fraction of sp³-hybridized carbons (Fsp3) is 0.125. The number of pyridine rings is 1. The number of methoxy groups -OCH3 is 1. The molecule has 1 aromatic carbocycles. The summed E-state index contributed by atoms with van der Waals surface area (Å²) in [6, 6.07) is 3.80. The molecule has 2 aromatic rings. The summed E-state index contributed by atoms with van der Waals surface area (Å²) in [5.74, 6) is -0.0731. The molecule has 0 saturated heterocycles. The second-order valence-corrected chi connectivity index (χ2v) is 6.18. The van der Waals surface area contributed by atoms with Gasteiger partial charge in [-0.25, -0.2) is 14.4 Å². The zero-order valence-electron chi connectivity index (χ0n) is 13.8. The molecule has 0 bridgehead atoms. The summed E-state index contributed by atoms with van der Waals surface area (Å²) >= 11 is 3.15. The second-order valence-electron chi connectivity index (χ2n) is 5.39. The van der Waals surface area contributed by atoms with Crippen molar-refractivity contribution in [2.45, 2.75) is 6.04 Å². The Morgan fingerprint density at radius 2 is 2.11 bits per heavy atom. The highest BCUT2D eigenvalue weighted by atomic mass is 79.9. The van der Waals surface area contributed by atoms with E-state index in [1.807, 2.05) is 6.07 Å². The standard InChI is InChI=1S/C16H12BrFN8O/c1-27-13-6(2-3-8(18)10(13)17)12-9-11(21)7(4-19)14(22)25-15(9)26-16(24-12)23-5-20/h2-3,12H,1H3,(H6,21,22,23,24,25,26). The number of guanidine groups is 1. The minimum absolute atomic E-state index is 0.00702. The van der Waals surface area contributed by atoms with Gasteiger partial charge in [0, 0.05) is 11.1 Å². The Morgan fingerprint density at radius 3 is 2.74 bits per heavy atom. The van der Waals surface area contributed by atoms with Crippen LogP contribution in [0, 0.1) is 28.6 Å². The van der Waals surface area contributed by atoms with Gasteiger partial charge < -0.3 is 21.5 Å². The Balaban J connectivity index is 2.32. The van der Waals surface area contributed by atoms with E-state index in [1.165, 1.54) is 19.2 Å². The van der Waals surface area contributed by atoms with E-state index in [1.54, 1.807) is 6.19 Å². The fourth-order valence-electron chi connectivity index (χ4n) is 2.78. The summed E-state index contributed by atoms with van der Waals surface area (Å²) in [6.07, 6.45) is 1.75. The van der Waals surface area contributed by atoms with Gasteiger partial charge in [-0.3, -0.25) is 5.32 Å². The van der Waals surface area contributed by atoms with Crippen LogP contribution in [-0.2, 0) is 0 Å². The Morgan fingerprint density at radius 1 is 1.37 bits per heavy atom. The summed E-state index contributed by atoms with van der Waals surface area (Å²) in [5.41, 5.74) is 12.9. The van der Waals surface area contributed by atoms with Crippen LogP contribution in [-0.4, -0.2) is 18.1 Å². The molecule has 27 heavy (non-hydrogen) atoms. The first kappa shape index (κ1) is 18.2. The molecular formula is C16H12BrFN8O. The van der Waals surface area contributed by atoms with Crippen LogP contribution in [0.2, 0.25) is 0 Å². The summed E-state index contributed by atoms with van der Waals surface area (Å²) < 4.78 is 19.4. The fourth-order valence-corrected chi connectivity index (χ4v) is 3.30. The molecule has 1 aromatic heterocycles. The van der Waals surface area contributed by atoms with Gasteiger partial charge in [-0.15, -0.1) is 0 Å². The van der Waals surface area contributed by atoms with Crippen molar-refractivity contribution in [1.29, 1.82) is 10.5 Å². The molecule has 3 rings (SSSR count). The molecule has 0 radical (unpaired) electrons. The third kappa shape index (κ3) is 2.94. The first-order chi connectivity index (χ1) is 12.9. The lowest BCUT2D eigenvalue weighted by Gasteiger charge is -2.27. The molecule has 136 valence electrons. The van der Waals surface area contributed by atoms with Crippen molar-refractivity contribution in [3.05, 3.63) is 39.1 Å². The Hall–Kier alpha value is -3.57. The molecule has 0 aliphatic carbocycles. The highest BCUT2D eigenvalue weighted by Crippen LogP contribution is 2.45.